The van der Waals surface area contributed by atoms with E-state index in [0.29, 0.717) is 19.6 Å². The number of benzene rings is 1. The predicted octanol–water partition coefficient (Wildman–Crippen LogP) is 1.73. The number of rotatable bonds is 6. The highest BCUT2D eigenvalue weighted by Gasteiger charge is 2.45. The van der Waals surface area contributed by atoms with Crippen molar-refractivity contribution in [1.82, 2.24) is 5.32 Å². The minimum Gasteiger partial charge on any atom is -0.497 e. The third-order valence-corrected chi connectivity index (χ3v) is 5.06. The van der Waals surface area contributed by atoms with Gasteiger partial charge in [0.1, 0.15) is 5.75 Å². The van der Waals surface area contributed by atoms with Gasteiger partial charge in [-0.15, -0.1) is 0 Å². The van der Waals surface area contributed by atoms with Crippen molar-refractivity contribution in [3.8, 4) is 5.75 Å². The fourth-order valence-corrected chi connectivity index (χ4v) is 3.47. The van der Waals surface area contributed by atoms with E-state index in [1.807, 2.05) is 24.3 Å². The Labute approximate surface area is 142 Å². The van der Waals surface area contributed by atoms with Gasteiger partial charge in [0.2, 0.25) is 11.8 Å². The maximum absolute atomic E-state index is 12.6. The largest absolute Gasteiger partial charge is 0.497 e. The molecule has 3 rings (SSSR count). The maximum atomic E-state index is 12.6. The molecule has 2 fully saturated rings. The SMILES string of the molecule is COCC1(C(=O)NC2CC(=O)N(c3ccc(OC)cc3)C2)CCC1. The van der Waals surface area contributed by atoms with Gasteiger partial charge in [0.05, 0.1) is 25.2 Å². The van der Waals surface area contributed by atoms with Crippen LogP contribution in [0, 0.1) is 5.41 Å². The molecule has 1 aliphatic carbocycles. The molecule has 2 aliphatic rings. The fourth-order valence-electron chi connectivity index (χ4n) is 3.47. The molecule has 1 heterocycles. The number of nitrogens with zero attached hydrogens (tertiary/aromatic N) is 1. The molecule has 24 heavy (non-hydrogen) atoms. The van der Waals surface area contributed by atoms with E-state index in [0.717, 1.165) is 30.7 Å². The second-order valence-electron chi connectivity index (χ2n) is 6.64. The number of hydrogen-bond acceptors (Lipinski definition) is 4. The Morgan fingerprint density at radius 2 is 2.00 bits per heavy atom. The summed E-state index contributed by atoms with van der Waals surface area (Å²) in [6.07, 6.45) is 3.10. The first-order chi connectivity index (χ1) is 11.6. The summed E-state index contributed by atoms with van der Waals surface area (Å²) in [6, 6.07) is 7.23. The molecule has 1 aliphatic heterocycles. The van der Waals surface area contributed by atoms with Crippen LogP contribution in [0.25, 0.3) is 0 Å². The van der Waals surface area contributed by atoms with Crippen LogP contribution >= 0.6 is 0 Å². The molecule has 0 radical (unpaired) electrons. The molecule has 1 saturated heterocycles. The molecule has 1 atom stereocenters. The molecule has 0 spiro atoms. The van der Waals surface area contributed by atoms with Crippen molar-refractivity contribution in [3.63, 3.8) is 0 Å². The smallest absolute Gasteiger partial charge is 0.229 e. The molecular weight excluding hydrogens is 308 g/mol. The van der Waals surface area contributed by atoms with Crippen LogP contribution in [0.4, 0.5) is 5.69 Å². The molecular formula is C18H24N2O4. The molecule has 0 aromatic heterocycles. The van der Waals surface area contributed by atoms with Crippen molar-refractivity contribution in [1.29, 1.82) is 0 Å². The van der Waals surface area contributed by atoms with E-state index in [-0.39, 0.29) is 17.9 Å². The Kier molecular flexibility index (Phi) is 4.76. The normalized spacial score (nSPS) is 22.2. The van der Waals surface area contributed by atoms with Gasteiger partial charge in [-0.25, -0.2) is 0 Å². The van der Waals surface area contributed by atoms with Crippen LogP contribution in [-0.4, -0.2) is 45.2 Å². The predicted molar refractivity (Wildman–Crippen MR) is 90.1 cm³/mol. The molecule has 1 aromatic rings. The van der Waals surface area contributed by atoms with Crippen LogP contribution in [0.3, 0.4) is 0 Å². The molecule has 1 saturated carbocycles. The van der Waals surface area contributed by atoms with Crippen molar-refractivity contribution in [3.05, 3.63) is 24.3 Å². The number of carbonyl (C=O) groups excluding carboxylic acids is 2. The topological polar surface area (TPSA) is 67.9 Å². The Hall–Kier alpha value is -2.08. The minimum absolute atomic E-state index is 0.0185. The lowest BCUT2D eigenvalue weighted by Crippen LogP contribution is -2.52. The highest BCUT2D eigenvalue weighted by Crippen LogP contribution is 2.41. The summed E-state index contributed by atoms with van der Waals surface area (Å²) in [5.41, 5.74) is 0.429. The first kappa shape index (κ1) is 16.8. The molecule has 6 heteroatoms. The number of ether oxygens (including phenoxy) is 2. The Morgan fingerprint density at radius 1 is 1.29 bits per heavy atom. The highest BCUT2D eigenvalue weighted by molar-refractivity contribution is 5.97. The zero-order chi connectivity index (χ0) is 17.2. The molecule has 1 aromatic carbocycles. The minimum atomic E-state index is -0.397. The lowest BCUT2D eigenvalue weighted by Gasteiger charge is -2.40. The lowest BCUT2D eigenvalue weighted by molar-refractivity contribution is -0.141. The number of methoxy groups -OCH3 is 2. The van der Waals surface area contributed by atoms with Crippen molar-refractivity contribution in [2.75, 3.05) is 32.3 Å². The Morgan fingerprint density at radius 3 is 2.54 bits per heavy atom. The van der Waals surface area contributed by atoms with Crippen LogP contribution in [0.15, 0.2) is 24.3 Å². The number of carbonyl (C=O) groups is 2. The van der Waals surface area contributed by atoms with Gasteiger partial charge in [-0.05, 0) is 37.1 Å². The van der Waals surface area contributed by atoms with E-state index in [1.54, 1.807) is 19.1 Å². The van der Waals surface area contributed by atoms with Crippen LogP contribution < -0.4 is 15.0 Å². The highest BCUT2D eigenvalue weighted by atomic mass is 16.5. The summed E-state index contributed by atoms with van der Waals surface area (Å²) in [6.45, 7) is 0.946. The molecule has 2 amide bonds. The van der Waals surface area contributed by atoms with Crippen LogP contribution in [0.5, 0.6) is 5.75 Å². The molecule has 1 N–H and O–H groups in total. The van der Waals surface area contributed by atoms with Crippen molar-refractivity contribution < 1.29 is 19.1 Å². The van der Waals surface area contributed by atoms with Crippen LogP contribution in [0.2, 0.25) is 0 Å². The van der Waals surface area contributed by atoms with E-state index < -0.39 is 5.41 Å². The van der Waals surface area contributed by atoms with Crippen molar-refractivity contribution in [2.45, 2.75) is 31.7 Å². The standard InChI is InChI=1S/C18H24N2O4/c1-23-12-18(8-3-9-18)17(22)19-13-10-16(21)20(11-13)14-4-6-15(24-2)7-5-14/h4-7,13H,3,8-12H2,1-2H3,(H,19,22). The van der Waals surface area contributed by atoms with Crippen molar-refractivity contribution >= 4 is 17.5 Å². The second-order valence-corrected chi connectivity index (χ2v) is 6.64. The van der Waals surface area contributed by atoms with Gasteiger partial charge < -0.3 is 19.7 Å². The third-order valence-electron chi connectivity index (χ3n) is 5.06. The van der Waals surface area contributed by atoms with Gasteiger partial charge in [-0.3, -0.25) is 9.59 Å². The van der Waals surface area contributed by atoms with E-state index in [2.05, 4.69) is 5.32 Å². The number of hydrogen-bond donors (Lipinski definition) is 1. The zero-order valence-corrected chi connectivity index (χ0v) is 14.2. The van der Waals surface area contributed by atoms with E-state index in [9.17, 15) is 9.59 Å². The fraction of sp³-hybridized carbons (Fsp3) is 0.556. The third kappa shape index (κ3) is 3.11. The average Bonchev–Trinajstić information content (AvgIpc) is 2.91. The first-order valence-corrected chi connectivity index (χ1v) is 8.32. The Bertz CT molecular complexity index is 610. The monoisotopic (exact) mass is 332 g/mol. The summed E-state index contributed by atoms with van der Waals surface area (Å²) in [5, 5.41) is 3.05. The van der Waals surface area contributed by atoms with Crippen LogP contribution in [0.1, 0.15) is 25.7 Å². The van der Waals surface area contributed by atoms with E-state index in [4.69, 9.17) is 9.47 Å². The molecule has 0 bridgehead atoms. The van der Waals surface area contributed by atoms with Gasteiger partial charge in [-0.2, -0.15) is 0 Å². The number of anilines is 1. The first-order valence-electron chi connectivity index (χ1n) is 8.32. The number of nitrogens with one attached hydrogen (secondary N) is 1. The van der Waals surface area contributed by atoms with Gasteiger partial charge in [0.15, 0.2) is 0 Å². The van der Waals surface area contributed by atoms with Gasteiger partial charge in [-0.1, -0.05) is 6.42 Å². The summed E-state index contributed by atoms with van der Waals surface area (Å²) in [5.74, 6) is 0.798. The maximum Gasteiger partial charge on any atom is 0.229 e. The molecule has 1 unspecified atom stereocenters. The van der Waals surface area contributed by atoms with Gasteiger partial charge in [0.25, 0.3) is 0 Å². The second kappa shape index (κ2) is 6.81. The van der Waals surface area contributed by atoms with Gasteiger partial charge in [0, 0.05) is 25.8 Å². The summed E-state index contributed by atoms with van der Waals surface area (Å²) < 4.78 is 10.4. The van der Waals surface area contributed by atoms with Crippen molar-refractivity contribution in [2.24, 2.45) is 5.41 Å². The van der Waals surface area contributed by atoms with Crippen LogP contribution in [-0.2, 0) is 14.3 Å². The van der Waals surface area contributed by atoms with E-state index >= 15 is 0 Å². The van der Waals surface area contributed by atoms with Gasteiger partial charge >= 0.3 is 0 Å². The summed E-state index contributed by atoms with van der Waals surface area (Å²) in [7, 11) is 3.23. The quantitative estimate of drug-likeness (QED) is 0.861. The number of amides is 2. The average molecular weight is 332 g/mol. The zero-order valence-electron chi connectivity index (χ0n) is 14.2. The molecule has 130 valence electrons. The summed E-state index contributed by atoms with van der Waals surface area (Å²) >= 11 is 0. The Balaban J connectivity index is 1.63. The summed E-state index contributed by atoms with van der Waals surface area (Å²) in [4.78, 5) is 26.6. The van der Waals surface area contributed by atoms with E-state index in [1.165, 1.54) is 0 Å². The molecule has 6 nitrogen and oxygen atoms in total. The lowest BCUT2D eigenvalue weighted by atomic mass is 9.68.